The largest absolute Gasteiger partial charge is 0.494 e. The van der Waals surface area contributed by atoms with E-state index in [0.717, 1.165) is 35.9 Å². The minimum Gasteiger partial charge on any atom is -0.494 e. The van der Waals surface area contributed by atoms with Crippen molar-refractivity contribution in [3.05, 3.63) is 60.3 Å². The molecular formula is C21H24N2O3S. The molecule has 0 bridgehead atoms. The molecule has 4 rings (SSSR count). The van der Waals surface area contributed by atoms with Crippen LogP contribution in [0.3, 0.4) is 0 Å². The Hall–Kier alpha value is -2.31. The first-order valence-corrected chi connectivity index (χ1v) is 10.9. The van der Waals surface area contributed by atoms with Gasteiger partial charge in [0.1, 0.15) is 5.75 Å². The zero-order valence-electron chi connectivity index (χ0n) is 15.4. The van der Waals surface area contributed by atoms with Gasteiger partial charge < -0.3 is 9.72 Å². The Morgan fingerprint density at radius 3 is 2.63 bits per heavy atom. The van der Waals surface area contributed by atoms with Gasteiger partial charge >= 0.3 is 0 Å². The van der Waals surface area contributed by atoms with E-state index in [1.54, 1.807) is 28.6 Å². The summed E-state index contributed by atoms with van der Waals surface area (Å²) in [5.74, 6) is 0.683. The number of benzene rings is 2. The smallest absolute Gasteiger partial charge is 0.243 e. The van der Waals surface area contributed by atoms with E-state index in [2.05, 4.69) is 11.1 Å². The van der Waals surface area contributed by atoms with Crippen molar-refractivity contribution in [1.29, 1.82) is 0 Å². The summed E-state index contributed by atoms with van der Waals surface area (Å²) in [6.07, 6.45) is 2.73. The summed E-state index contributed by atoms with van der Waals surface area (Å²) in [7, 11) is -3.57. The molecular weight excluding hydrogens is 360 g/mol. The molecule has 6 heteroatoms. The molecule has 0 aliphatic carbocycles. The SMILES string of the molecule is CCOc1ccc(S(=O)(=O)N2CCCCC2c2cc3ccccc3[nH]2)cc1. The minimum absolute atomic E-state index is 0.164. The molecule has 142 valence electrons. The van der Waals surface area contributed by atoms with Crippen LogP contribution < -0.4 is 4.74 Å². The number of ether oxygens (including phenoxy) is 1. The number of aromatic nitrogens is 1. The van der Waals surface area contributed by atoms with Crippen LogP contribution in [0.2, 0.25) is 0 Å². The summed E-state index contributed by atoms with van der Waals surface area (Å²) < 4.78 is 33.7. The van der Waals surface area contributed by atoms with Gasteiger partial charge in [-0.2, -0.15) is 4.31 Å². The van der Waals surface area contributed by atoms with Crippen LogP contribution in [0.1, 0.15) is 37.9 Å². The van der Waals surface area contributed by atoms with E-state index < -0.39 is 10.0 Å². The third kappa shape index (κ3) is 3.47. The van der Waals surface area contributed by atoms with Crippen molar-refractivity contribution in [3.63, 3.8) is 0 Å². The highest BCUT2D eigenvalue weighted by Crippen LogP contribution is 2.36. The number of fused-ring (bicyclic) bond motifs is 1. The zero-order chi connectivity index (χ0) is 18.9. The second kappa shape index (κ2) is 7.37. The molecule has 0 radical (unpaired) electrons. The van der Waals surface area contributed by atoms with Crippen LogP contribution in [0.15, 0.2) is 59.5 Å². The van der Waals surface area contributed by atoms with Gasteiger partial charge in [-0.15, -0.1) is 0 Å². The minimum atomic E-state index is -3.57. The third-order valence-corrected chi connectivity index (χ3v) is 7.03. The van der Waals surface area contributed by atoms with E-state index in [1.807, 2.05) is 31.2 Å². The van der Waals surface area contributed by atoms with Crippen molar-refractivity contribution in [2.75, 3.05) is 13.2 Å². The van der Waals surface area contributed by atoms with Crippen LogP contribution in [0.4, 0.5) is 0 Å². The molecule has 5 nitrogen and oxygen atoms in total. The number of para-hydroxylation sites is 1. The summed E-state index contributed by atoms with van der Waals surface area (Å²) in [5, 5.41) is 1.11. The normalized spacial score (nSPS) is 18.6. The van der Waals surface area contributed by atoms with E-state index in [-0.39, 0.29) is 6.04 Å². The standard InChI is InChI=1S/C21H24N2O3S/c1-2-26-17-10-12-18(13-11-17)27(24,25)23-14-6-5-9-21(23)20-15-16-7-3-4-8-19(16)22-20/h3-4,7-8,10-13,15,21-22H,2,5-6,9,14H2,1H3. The van der Waals surface area contributed by atoms with Gasteiger partial charge in [0.2, 0.25) is 10.0 Å². The fourth-order valence-electron chi connectivity index (χ4n) is 3.79. The third-order valence-electron chi connectivity index (χ3n) is 5.10. The summed E-state index contributed by atoms with van der Waals surface area (Å²) in [6.45, 7) is 3.00. The lowest BCUT2D eigenvalue weighted by Crippen LogP contribution is -2.38. The van der Waals surface area contributed by atoms with Crippen molar-refractivity contribution in [1.82, 2.24) is 9.29 Å². The second-order valence-corrected chi connectivity index (χ2v) is 8.73. The number of nitrogens with one attached hydrogen (secondary N) is 1. The molecule has 3 aromatic rings. The molecule has 1 aromatic heterocycles. The number of nitrogens with zero attached hydrogens (tertiary/aromatic N) is 1. The molecule has 27 heavy (non-hydrogen) atoms. The number of piperidine rings is 1. The fraction of sp³-hybridized carbons (Fsp3) is 0.333. The summed E-state index contributed by atoms with van der Waals surface area (Å²) >= 11 is 0. The Labute approximate surface area is 160 Å². The average Bonchev–Trinajstić information content (AvgIpc) is 3.13. The molecule has 1 aliphatic heterocycles. The number of hydrogen-bond acceptors (Lipinski definition) is 3. The van der Waals surface area contributed by atoms with Crippen LogP contribution in [0.25, 0.3) is 10.9 Å². The van der Waals surface area contributed by atoms with Gasteiger partial charge in [0, 0.05) is 17.8 Å². The molecule has 1 atom stereocenters. The topological polar surface area (TPSA) is 62.4 Å². The van der Waals surface area contributed by atoms with Crippen molar-refractivity contribution in [2.24, 2.45) is 0 Å². The van der Waals surface area contributed by atoms with E-state index in [4.69, 9.17) is 4.74 Å². The highest BCUT2D eigenvalue weighted by atomic mass is 32.2. The van der Waals surface area contributed by atoms with Gasteiger partial charge in [-0.1, -0.05) is 24.6 Å². The highest BCUT2D eigenvalue weighted by molar-refractivity contribution is 7.89. The Morgan fingerprint density at radius 2 is 1.89 bits per heavy atom. The van der Waals surface area contributed by atoms with Crippen molar-refractivity contribution >= 4 is 20.9 Å². The van der Waals surface area contributed by atoms with E-state index in [1.165, 1.54) is 0 Å². The van der Waals surface area contributed by atoms with E-state index in [9.17, 15) is 8.42 Å². The summed E-state index contributed by atoms with van der Waals surface area (Å²) in [5.41, 5.74) is 2.00. The lowest BCUT2D eigenvalue weighted by molar-refractivity contribution is 0.252. The number of sulfonamides is 1. The Kier molecular flexibility index (Phi) is 4.93. The second-order valence-electron chi connectivity index (χ2n) is 6.84. The lowest BCUT2D eigenvalue weighted by Gasteiger charge is -2.34. The number of aromatic amines is 1. The molecule has 0 saturated carbocycles. The van der Waals surface area contributed by atoms with Crippen molar-refractivity contribution in [3.8, 4) is 5.75 Å². The van der Waals surface area contributed by atoms with Crippen LogP contribution >= 0.6 is 0 Å². The first-order valence-electron chi connectivity index (χ1n) is 9.42. The molecule has 1 unspecified atom stereocenters. The fourth-order valence-corrected chi connectivity index (χ4v) is 5.46. The zero-order valence-corrected chi connectivity index (χ0v) is 16.2. The molecule has 2 heterocycles. The van der Waals surface area contributed by atoms with Crippen LogP contribution in [-0.4, -0.2) is 30.9 Å². The molecule has 0 amide bonds. The Balaban J connectivity index is 1.68. The average molecular weight is 385 g/mol. The lowest BCUT2D eigenvalue weighted by atomic mass is 10.0. The van der Waals surface area contributed by atoms with Gasteiger partial charge in [-0.3, -0.25) is 0 Å². The summed E-state index contributed by atoms with van der Waals surface area (Å²) in [4.78, 5) is 3.73. The predicted octanol–water partition coefficient (Wildman–Crippen LogP) is 4.48. The molecule has 1 saturated heterocycles. The monoisotopic (exact) mass is 384 g/mol. The van der Waals surface area contributed by atoms with Crippen LogP contribution in [0.5, 0.6) is 5.75 Å². The van der Waals surface area contributed by atoms with Gasteiger partial charge in [-0.25, -0.2) is 8.42 Å². The van der Waals surface area contributed by atoms with Crippen molar-refractivity contribution in [2.45, 2.75) is 37.1 Å². The van der Waals surface area contributed by atoms with Gasteiger partial charge in [-0.05, 0) is 61.5 Å². The maximum Gasteiger partial charge on any atom is 0.243 e. The first-order chi connectivity index (χ1) is 13.1. The predicted molar refractivity (Wildman–Crippen MR) is 106 cm³/mol. The van der Waals surface area contributed by atoms with Gasteiger partial charge in [0.15, 0.2) is 0 Å². The molecule has 1 fully saturated rings. The number of rotatable bonds is 5. The molecule has 1 N–H and O–H groups in total. The van der Waals surface area contributed by atoms with Crippen molar-refractivity contribution < 1.29 is 13.2 Å². The highest BCUT2D eigenvalue weighted by Gasteiger charge is 2.35. The van der Waals surface area contributed by atoms with Gasteiger partial charge in [0.05, 0.1) is 17.5 Å². The summed E-state index contributed by atoms with van der Waals surface area (Å²) in [6, 6.07) is 16.7. The molecule has 2 aromatic carbocycles. The molecule has 0 spiro atoms. The maximum atomic E-state index is 13.3. The van der Waals surface area contributed by atoms with Gasteiger partial charge in [0.25, 0.3) is 0 Å². The Morgan fingerprint density at radius 1 is 1.11 bits per heavy atom. The van der Waals surface area contributed by atoms with E-state index >= 15 is 0 Å². The van der Waals surface area contributed by atoms with Crippen LogP contribution in [-0.2, 0) is 10.0 Å². The maximum absolute atomic E-state index is 13.3. The number of hydrogen-bond donors (Lipinski definition) is 1. The molecule has 1 aliphatic rings. The van der Waals surface area contributed by atoms with Crippen LogP contribution in [0, 0.1) is 0 Å². The number of H-pyrrole nitrogens is 1. The Bertz CT molecular complexity index is 992. The van der Waals surface area contributed by atoms with E-state index in [0.29, 0.717) is 23.8 Å². The first kappa shape index (κ1) is 18.1. The quantitative estimate of drug-likeness (QED) is 0.705.